The molecule has 1 aliphatic carbocycles. The van der Waals surface area contributed by atoms with Crippen molar-refractivity contribution < 1.29 is 14.3 Å². The molecule has 2 fully saturated rings. The maximum atomic E-state index is 11.9. The van der Waals surface area contributed by atoms with E-state index in [4.69, 9.17) is 9.47 Å². The molecular weight excluding hydrogens is 316 g/mol. The van der Waals surface area contributed by atoms with E-state index in [2.05, 4.69) is 28.4 Å². The number of carbonyl (C=O) groups excluding carboxylic acids is 1. The fraction of sp³-hybridized carbons (Fsp3) is 0.550. The van der Waals surface area contributed by atoms with E-state index < -0.39 is 0 Å². The standard InChI is InChI=1S/C20H28N2O3/c1-24-14-20(23)21-18-13-22(12-17(18)15-9-10-15)11-5-7-16-6-3-4-8-19(16)25-2/h3-8,15,17-18H,9-14H2,1-2H3,(H,21,23)/b7-5+/t17-,18+/m1/s1. The van der Waals surface area contributed by atoms with Crippen LogP contribution in [0.25, 0.3) is 6.08 Å². The summed E-state index contributed by atoms with van der Waals surface area (Å²) in [6.07, 6.45) is 6.89. The van der Waals surface area contributed by atoms with Crippen molar-refractivity contribution >= 4 is 12.0 Å². The molecule has 5 heteroatoms. The zero-order valence-corrected chi connectivity index (χ0v) is 15.1. The molecule has 1 amide bonds. The van der Waals surface area contributed by atoms with Crippen molar-refractivity contribution in [2.24, 2.45) is 11.8 Å². The molecule has 0 bridgehead atoms. The number of para-hydroxylation sites is 1. The summed E-state index contributed by atoms with van der Waals surface area (Å²) in [7, 11) is 3.25. The number of likely N-dealkylation sites (tertiary alicyclic amines) is 1. The Bertz CT molecular complexity index is 613. The summed E-state index contributed by atoms with van der Waals surface area (Å²) in [6.45, 7) is 2.99. The summed E-state index contributed by atoms with van der Waals surface area (Å²) in [5.74, 6) is 2.22. The van der Waals surface area contributed by atoms with Crippen LogP contribution in [0.15, 0.2) is 30.3 Å². The minimum absolute atomic E-state index is 0.00966. The first-order chi connectivity index (χ1) is 12.2. The number of ether oxygens (including phenoxy) is 2. The van der Waals surface area contributed by atoms with Crippen LogP contribution in [0, 0.1) is 11.8 Å². The zero-order chi connectivity index (χ0) is 17.6. The van der Waals surface area contributed by atoms with Gasteiger partial charge in [-0.1, -0.05) is 30.4 Å². The van der Waals surface area contributed by atoms with Gasteiger partial charge >= 0.3 is 0 Å². The number of nitrogens with zero attached hydrogens (tertiary/aromatic N) is 1. The van der Waals surface area contributed by atoms with Crippen molar-refractivity contribution in [1.82, 2.24) is 10.2 Å². The summed E-state index contributed by atoms with van der Waals surface area (Å²) in [4.78, 5) is 14.3. The second kappa shape index (κ2) is 8.50. The van der Waals surface area contributed by atoms with Gasteiger partial charge in [0.1, 0.15) is 12.4 Å². The van der Waals surface area contributed by atoms with Gasteiger partial charge in [0, 0.05) is 38.3 Å². The Hall–Kier alpha value is -1.85. The summed E-state index contributed by atoms with van der Waals surface area (Å²) in [6, 6.07) is 8.27. The molecule has 5 nitrogen and oxygen atoms in total. The molecule has 3 rings (SSSR count). The Balaban J connectivity index is 1.56. The number of methoxy groups -OCH3 is 2. The molecule has 1 aromatic carbocycles. The Labute approximate surface area is 150 Å². The molecule has 0 radical (unpaired) electrons. The average molecular weight is 344 g/mol. The Kier molecular flexibility index (Phi) is 6.10. The van der Waals surface area contributed by atoms with E-state index in [0.717, 1.165) is 36.9 Å². The van der Waals surface area contributed by atoms with Gasteiger partial charge in [0.15, 0.2) is 0 Å². The minimum Gasteiger partial charge on any atom is -0.496 e. The molecule has 1 aliphatic heterocycles. The number of amides is 1. The molecule has 1 N–H and O–H groups in total. The summed E-state index contributed by atoms with van der Waals surface area (Å²) in [5.41, 5.74) is 1.09. The van der Waals surface area contributed by atoms with Gasteiger partial charge in [0.25, 0.3) is 0 Å². The van der Waals surface area contributed by atoms with Crippen molar-refractivity contribution in [1.29, 1.82) is 0 Å². The van der Waals surface area contributed by atoms with Crippen molar-refractivity contribution in [2.75, 3.05) is 40.5 Å². The third kappa shape index (κ3) is 4.83. The van der Waals surface area contributed by atoms with Gasteiger partial charge in [-0.25, -0.2) is 0 Å². The molecule has 1 saturated carbocycles. The third-order valence-corrected chi connectivity index (χ3v) is 5.09. The van der Waals surface area contributed by atoms with Gasteiger partial charge in [-0.15, -0.1) is 0 Å². The van der Waals surface area contributed by atoms with Crippen LogP contribution in [0.5, 0.6) is 5.75 Å². The highest BCUT2D eigenvalue weighted by Gasteiger charge is 2.42. The monoisotopic (exact) mass is 344 g/mol. The average Bonchev–Trinajstić information content (AvgIpc) is 3.38. The van der Waals surface area contributed by atoms with Crippen LogP contribution in [0.3, 0.4) is 0 Å². The molecule has 1 aromatic rings. The lowest BCUT2D eigenvalue weighted by Gasteiger charge is -2.19. The number of carbonyl (C=O) groups is 1. The summed E-state index contributed by atoms with van der Waals surface area (Å²) >= 11 is 0. The lowest BCUT2D eigenvalue weighted by atomic mass is 9.98. The molecule has 1 heterocycles. The number of benzene rings is 1. The highest BCUT2D eigenvalue weighted by Crippen LogP contribution is 2.41. The van der Waals surface area contributed by atoms with E-state index in [9.17, 15) is 4.79 Å². The van der Waals surface area contributed by atoms with Crippen molar-refractivity contribution in [2.45, 2.75) is 18.9 Å². The Morgan fingerprint density at radius 3 is 2.80 bits per heavy atom. The number of nitrogens with one attached hydrogen (secondary N) is 1. The van der Waals surface area contributed by atoms with E-state index in [1.54, 1.807) is 14.2 Å². The smallest absolute Gasteiger partial charge is 0.246 e. The fourth-order valence-corrected chi connectivity index (χ4v) is 3.73. The van der Waals surface area contributed by atoms with Gasteiger partial charge in [-0.2, -0.15) is 0 Å². The molecule has 0 aromatic heterocycles. The Morgan fingerprint density at radius 1 is 1.28 bits per heavy atom. The molecule has 0 unspecified atom stereocenters. The SMILES string of the molecule is COCC(=O)N[C@H]1CN(C/C=C/c2ccccc2OC)C[C@@H]1C1CC1. The highest BCUT2D eigenvalue weighted by atomic mass is 16.5. The van der Waals surface area contributed by atoms with Gasteiger partial charge in [0.2, 0.25) is 5.91 Å². The van der Waals surface area contributed by atoms with E-state index in [-0.39, 0.29) is 18.6 Å². The largest absolute Gasteiger partial charge is 0.496 e. The third-order valence-electron chi connectivity index (χ3n) is 5.09. The molecule has 0 spiro atoms. The second-order valence-electron chi connectivity index (χ2n) is 6.97. The minimum atomic E-state index is -0.00966. The van der Waals surface area contributed by atoms with Crippen molar-refractivity contribution in [3.8, 4) is 5.75 Å². The van der Waals surface area contributed by atoms with Crippen LogP contribution >= 0.6 is 0 Å². The molecule has 136 valence electrons. The van der Waals surface area contributed by atoms with Gasteiger partial charge < -0.3 is 14.8 Å². The van der Waals surface area contributed by atoms with Crippen LogP contribution in [-0.4, -0.2) is 57.3 Å². The summed E-state index contributed by atoms with van der Waals surface area (Å²) in [5, 5.41) is 3.16. The van der Waals surface area contributed by atoms with E-state index in [1.165, 1.54) is 12.8 Å². The molecule has 1 saturated heterocycles. The number of hydrogen-bond donors (Lipinski definition) is 1. The van der Waals surface area contributed by atoms with Crippen molar-refractivity contribution in [3.63, 3.8) is 0 Å². The maximum absolute atomic E-state index is 11.9. The van der Waals surface area contributed by atoms with Gasteiger partial charge in [0.05, 0.1) is 7.11 Å². The first kappa shape index (κ1) is 18.0. The fourth-order valence-electron chi connectivity index (χ4n) is 3.73. The lowest BCUT2D eigenvalue weighted by Crippen LogP contribution is -2.42. The number of rotatable bonds is 8. The predicted molar refractivity (Wildman–Crippen MR) is 98.5 cm³/mol. The van der Waals surface area contributed by atoms with E-state index in [1.807, 2.05) is 18.2 Å². The quantitative estimate of drug-likeness (QED) is 0.785. The molecule has 2 atom stereocenters. The zero-order valence-electron chi connectivity index (χ0n) is 15.1. The van der Waals surface area contributed by atoms with E-state index in [0.29, 0.717) is 5.92 Å². The first-order valence-corrected chi connectivity index (χ1v) is 9.01. The maximum Gasteiger partial charge on any atom is 0.246 e. The highest BCUT2D eigenvalue weighted by molar-refractivity contribution is 5.77. The van der Waals surface area contributed by atoms with E-state index >= 15 is 0 Å². The number of hydrogen-bond acceptors (Lipinski definition) is 4. The first-order valence-electron chi connectivity index (χ1n) is 9.01. The molecule has 2 aliphatic rings. The lowest BCUT2D eigenvalue weighted by molar-refractivity contribution is -0.125. The topological polar surface area (TPSA) is 50.8 Å². The normalized spacial score (nSPS) is 23.9. The summed E-state index contributed by atoms with van der Waals surface area (Å²) < 4.78 is 10.3. The molecular formula is C20H28N2O3. The van der Waals surface area contributed by atoms with Gasteiger partial charge in [-0.3, -0.25) is 9.69 Å². The van der Waals surface area contributed by atoms with Crippen LogP contribution in [0.4, 0.5) is 0 Å². The van der Waals surface area contributed by atoms with Crippen molar-refractivity contribution in [3.05, 3.63) is 35.9 Å². The second-order valence-corrected chi connectivity index (χ2v) is 6.97. The van der Waals surface area contributed by atoms with Crippen LogP contribution in [-0.2, 0) is 9.53 Å². The van der Waals surface area contributed by atoms with Crippen LogP contribution in [0.2, 0.25) is 0 Å². The van der Waals surface area contributed by atoms with Gasteiger partial charge in [-0.05, 0) is 30.7 Å². The molecule has 25 heavy (non-hydrogen) atoms. The van der Waals surface area contributed by atoms with Crippen LogP contribution < -0.4 is 10.1 Å². The Morgan fingerprint density at radius 2 is 2.08 bits per heavy atom. The van der Waals surface area contributed by atoms with Crippen LogP contribution in [0.1, 0.15) is 18.4 Å². The predicted octanol–water partition coefficient (Wildman–Crippen LogP) is 2.18.